The van der Waals surface area contributed by atoms with Gasteiger partial charge in [-0.2, -0.15) is 0 Å². The maximum Gasteiger partial charge on any atom is 0.223 e. The highest BCUT2D eigenvalue weighted by Gasteiger charge is 2.15. The van der Waals surface area contributed by atoms with E-state index in [1.54, 1.807) is 16.2 Å². The number of rotatable bonds is 5. The van der Waals surface area contributed by atoms with Gasteiger partial charge in [0.15, 0.2) is 0 Å². The molecule has 0 fully saturated rings. The summed E-state index contributed by atoms with van der Waals surface area (Å²) in [5.41, 5.74) is 5.36. The Kier molecular flexibility index (Phi) is 4.78. The van der Waals surface area contributed by atoms with Crippen molar-refractivity contribution in [1.82, 2.24) is 4.90 Å². The largest absolute Gasteiger partial charge is 0.343 e. The second kappa shape index (κ2) is 5.88. The topological polar surface area (TPSA) is 46.3 Å². The van der Waals surface area contributed by atoms with Crippen LogP contribution in [-0.4, -0.2) is 30.4 Å². The number of hydrogen-bond acceptors (Lipinski definition) is 3. The molecule has 0 saturated heterocycles. The van der Waals surface area contributed by atoms with Crippen LogP contribution in [0.5, 0.6) is 0 Å². The Labute approximate surface area is 94.9 Å². The van der Waals surface area contributed by atoms with Crippen molar-refractivity contribution in [2.45, 2.75) is 25.8 Å². The number of carbonyl (C=O) groups excluding carboxylic acids is 1. The van der Waals surface area contributed by atoms with Gasteiger partial charge in [-0.1, -0.05) is 6.07 Å². The first kappa shape index (κ1) is 12.2. The highest BCUT2D eigenvalue weighted by Crippen LogP contribution is 2.13. The van der Waals surface area contributed by atoms with Gasteiger partial charge in [0.2, 0.25) is 5.91 Å². The van der Waals surface area contributed by atoms with Crippen molar-refractivity contribution in [3.63, 3.8) is 0 Å². The van der Waals surface area contributed by atoms with Crippen LogP contribution in [-0.2, 0) is 11.2 Å². The molecule has 1 atom stereocenters. The summed E-state index contributed by atoms with van der Waals surface area (Å²) in [6.07, 6.45) is 1.36. The van der Waals surface area contributed by atoms with E-state index >= 15 is 0 Å². The second-order valence-electron chi connectivity index (χ2n) is 3.68. The molecule has 0 radical (unpaired) electrons. The predicted octanol–water partition coefficient (Wildman–Crippen LogP) is 1.49. The molecule has 15 heavy (non-hydrogen) atoms. The van der Waals surface area contributed by atoms with Crippen molar-refractivity contribution in [1.29, 1.82) is 0 Å². The molecule has 2 N–H and O–H groups in total. The normalized spacial score (nSPS) is 12.5. The Morgan fingerprint density at radius 3 is 2.93 bits per heavy atom. The molecule has 1 amide bonds. The molecular weight excluding hydrogens is 208 g/mol. The Bertz CT molecular complexity index is 298. The summed E-state index contributed by atoms with van der Waals surface area (Å²) in [5.74, 6) is 0.126. The molecule has 0 bridgehead atoms. The molecule has 0 aliphatic rings. The molecular formula is C11H18N2OS. The van der Waals surface area contributed by atoms with E-state index in [-0.39, 0.29) is 11.9 Å². The van der Waals surface area contributed by atoms with E-state index in [2.05, 4.69) is 18.4 Å². The average Bonchev–Trinajstić information content (AvgIpc) is 2.69. The third-order valence-corrected chi connectivity index (χ3v) is 3.39. The smallest absolute Gasteiger partial charge is 0.223 e. The van der Waals surface area contributed by atoms with Gasteiger partial charge >= 0.3 is 0 Å². The average molecular weight is 226 g/mol. The second-order valence-corrected chi connectivity index (χ2v) is 4.71. The van der Waals surface area contributed by atoms with Crippen molar-refractivity contribution < 1.29 is 4.79 Å². The van der Waals surface area contributed by atoms with Crippen LogP contribution in [0, 0.1) is 0 Å². The fourth-order valence-corrected chi connectivity index (χ4v) is 2.23. The van der Waals surface area contributed by atoms with Crippen molar-refractivity contribution in [2.24, 2.45) is 5.73 Å². The third kappa shape index (κ3) is 3.64. The number of nitrogens with two attached hydrogens (primary N) is 1. The fourth-order valence-electron chi connectivity index (χ4n) is 1.40. The monoisotopic (exact) mass is 226 g/mol. The highest BCUT2D eigenvalue weighted by atomic mass is 32.1. The Morgan fingerprint density at radius 1 is 1.67 bits per heavy atom. The summed E-state index contributed by atoms with van der Waals surface area (Å²) >= 11 is 1.73. The molecule has 1 rings (SSSR count). The van der Waals surface area contributed by atoms with E-state index in [0.29, 0.717) is 13.0 Å². The Morgan fingerprint density at radius 2 is 2.40 bits per heavy atom. The molecule has 0 aromatic carbocycles. The molecule has 0 aliphatic carbocycles. The number of thiophene rings is 1. The van der Waals surface area contributed by atoms with Crippen molar-refractivity contribution >= 4 is 17.2 Å². The number of hydrogen-bond donors (Lipinski definition) is 1. The fraction of sp³-hybridized carbons (Fsp3) is 0.545. The van der Waals surface area contributed by atoms with E-state index in [1.165, 1.54) is 4.88 Å². The van der Waals surface area contributed by atoms with Crippen LogP contribution in [0.2, 0.25) is 0 Å². The molecule has 84 valence electrons. The van der Waals surface area contributed by atoms with E-state index in [4.69, 9.17) is 5.73 Å². The van der Waals surface area contributed by atoms with Gasteiger partial charge in [0.1, 0.15) is 0 Å². The van der Waals surface area contributed by atoms with Crippen molar-refractivity contribution in [2.75, 3.05) is 13.6 Å². The first-order chi connectivity index (χ1) is 7.15. The van der Waals surface area contributed by atoms with Gasteiger partial charge in [-0.05, 0) is 18.4 Å². The molecule has 1 heterocycles. The van der Waals surface area contributed by atoms with Crippen LogP contribution in [0.4, 0.5) is 0 Å². The van der Waals surface area contributed by atoms with Crippen LogP contribution in [0.1, 0.15) is 18.2 Å². The molecule has 3 nitrogen and oxygen atoms in total. The number of amides is 1. The number of likely N-dealkylation sites (N-methyl/N-ethyl adjacent to an activating group) is 1. The number of nitrogens with zero attached hydrogens (tertiary/aromatic N) is 1. The lowest BCUT2D eigenvalue weighted by molar-refractivity contribution is -0.131. The van der Waals surface area contributed by atoms with Crippen LogP contribution in [0.15, 0.2) is 17.5 Å². The zero-order valence-electron chi connectivity index (χ0n) is 9.27. The van der Waals surface area contributed by atoms with E-state index in [9.17, 15) is 4.79 Å². The molecule has 0 aliphatic heterocycles. The van der Waals surface area contributed by atoms with Crippen LogP contribution in [0.3, 0.4) is 0 Å². The van der Waals surface area contributed by atoms with Gasteiger partial charge in [-0.15, -0.1) is 11.3 Å². The molecule has 0 spiro atoms. The SMILES string of the molecule is CC(Cc1cccs1)N(C)C(=O)CCN. The summed E-state index contributed by atoms with van der Waals surface area (Å²) in [5, 5.41) is 2.06. The Hall–Kier alpha value is -0.870. The first-order valence-electron chi connectivity index (χ1n) is 5.13. The lowest BCUT2D eigenvalue weighted by Gasteiger charge is -2.24. The quantitative estimate of drug-likeness (QED) is 0.826. The minimum atomic E-state index is 0.126. The zero-order valence-corrected chi connectivity index (χ0v) is 10.1. The molecule has 0 saturated carbocycles. The van der Waals surface area contributed by atoms with E-state index in [1.807, 2.05) is 13.1 Å². The maximum atomic E-state index is 11.6. The van der Waals surface area contributed by atoms with Gasteiger partial charge in [0, 0.05) is 37.4 Å². The first-order valence-corrected chi connectivity index (χ1v) is 6.01. The van der Waals surface area contributed by atoms with Gasteiger partial charge in [-0.25, -0.2) is 0 Å². The maximum absolute atomic E-state index is 11.6. The third-order valence-electron chi connectivity index (χ3n) is 2.49. The summed E-state index contributed by atoms with van der Waals surface area (Å²) in [4.78, 5) is 14.7. The predicted molar refractivity (Wildman–Crippen MR) is 63.9 cm³/mol. The minimum absolute atomic E-state index is 0.126. The van der Waals surface area contributed by atoms with Crippen LogP contribution < -0.4 is 5.73 Å². The minimum Gasteiger partial charge on any atom is -0.343 e. The van der Waals surface area contributed by atoms with E-state index in [0.717, 1.165) is 6.42 Å². The molecule has 1 aromatic heterocycles. The zero-order chi connectivity index (χ0) is 11.3. The van der Waals surface area contributed by atoms with Crippen molar-refractivity contribution in [3.8, 4) is 0 Å². The lowest BCUT2D eigenvalue weighted by atomic mass is 10.2. The van der Waals surface area contributed by atoms with Crippen LogP contribution >= 0.6 is 11.3 Å². The van der Waals surface area contributed by atoms with Gasteiger partial charge < -0.3 is 10.6 Å². The summed E-state index contributed by atoms with van der Waals surface area (Å²) in [6, 6.07) is 4.37. The highest BCUT2D eigenvalue weighted by molar-refractivity contribution is 7.09. The summed E-state index contributed by atoms with van der Waals surface area (Å²) in [6.45, 7) is 2.49. The summed E-state index contributed by atoms with van der Waals surface area (Å²) in [7, 11) is 1.84. The van der Waals surface area contributed by atoms with Gasteiger partial charge in [0.05, 0.1) is 0 Å². The van der Waals surface area contributed by atoms with Gasteiger partial charge in [-0.3, -0.25) is 4.79 Å². The molecule has 1 aromatic rings. The lowest BCUT2D eigenvalue weighted by Crippen LogP contribution is -2.37. The molecule has 1 unspecified atom stereocenters. The number of carbonyl (C=O) groups is 1. The molecule has 4 heteroatoms. The standard InChI is InChI=1S/C11H18N2OS/c1-9(8-10-4-3-7-15-10)13(2)11(14)5-6-12/h3-4,7,9H,5-6,8,12H2,1-2H3. The Balaban J connectivity index is 2.46. The summed E-state index contributed by atoms with van der Waals surface area (Å²) < 4.78 is 0. The van der Waals surface area contributed by atoms with E-state index < -0.39 is 0 Å². The van der Waals surface area contributed by atoms with Crippen molar-refractivity contribution in [3.05, 3.63) is 22.4 Å². The van der Waals surface area contributed by atoms with Gasteiger partial charge in [0.25, 0.3) is 0 Å². The van der Waals surface area contributed by atoms with Crippen LogP contribution in [0.25, 0.3) is 0 Å².